The van der Waals surface area contributed by atoms with E-state index in [1.165, 1.54) is 12.8 Å². The Bertz CT molecular complexity index is 209. The molecule has 1 rings (SSSR count). The topological polar surface area (TPSA) is 55.1 Å². The first-order valence-electron chi connectivity index (χ1n) is 6.13. The lowest BCUT2D eigenvalue weighted by Gasteiger charge is -2.19. The summed E-state index contributed by atoms with van der Waals surface area (Å²) in [6.07, 6.45) is 5.12. The highest BCUT2D eigenvalue weighted by Crippen LogP contribution is 2.24. The molecular weight excluding hydrogens is 224 g/mol. The minimum atomic E-state index is 0. The number of carbonyl (C=O) groups excluding carboxylic acids is 1. The van der Waals surface area contributed by atoms with Crippen molar-refractivity contribution in [2.75, 3.05) is 6.54 Å². The Balaban J connectivity index is 0.00000225. The van der Waals surface area contributed by atoms with Gasteiger partial charge in [0.25, 0.3) is 0 Å². The fourth-order valence-electron chi connectivity index (χ4n) is 2.21. The van der Waals surface area contributed by atoms with Crippen molar-refractivity contribution >= 4 is 18.3 Å². The van der Waals surface area contributed by atoms with E-state index >= 15 is 0 Å². The second kappa shape index (κ2) is 7.91. The zero-order chi connectivity index (χ0) is 11.3. The Hall–Kier alpha value is -0.280. The molecule has 0 heterocycles. The second-order valence-electron chi connectivity index (χ2n) is 5.03. The van der Waals surface area contributed by atoms with Gasteiger partial charge in [0.05, 0.1) is 0 Å². The Morgan fingerprint density at radius 2 is 2.12 bits per heavy atom. The van der Waals surface area contributed by atoms with Gasteiger partial charge in [-0.2, -0.15) is 0 Å². The van der Waals surface area contributed by atoms with Crippen LogP contribution < -0.4 is 11.1 Å². The monoisotopic (exact) mass is 248 g/mol. The fraction of sp³-hybridized carbons (Fsp3) is 0.917. The van der Waals surface area contributed by atoms with E-state index in [-0.39, 0.29) is 18.3 Å². The normalized spacial score (nSPS) is 24.2. The van der Waals surface area contributed by atoms with E-state index in [0.717, 1.165) is 12.8 Å². The highest BCUT2D eigenvalue weighted by Gasteiger charge is 2.26. The molecule has 1 fully saturated rings. The molecule has 0 radical (unpaired) electrons. The van der Waals surface area contributed by atoms with E-state index in [2.05, 4.69) is 19.2 Å². The summed E-state index contributed by atoms with van der Waals surface area (Å²) in [4.78, 5) is 11.6. The Morgan fingerprint density at radius 1 is 1.44 bits per heavy atom. The van der Waals surface area contributed by atoms with Gasteiger partial charge in [-0.3, -0.25) is 4.79 Å². The van der Waals surface area contributed by atoms with Crippen LogP contribution in [0.5, 0.6) is 0 Å². The molecule has 1 saturated carbocycles. The van der Waals surface area contributed by atoms with Gasteiger partial charge in [-0.1, -0.05) is 20.3 Å². The van der Waals surface area contributed by atoms with Crippen molar-refractivity contribution in [1.82, 2.24) is 5.32 Å². The SMILES string of the molecule is CC(C)CCC(=O)NC1CCCC1CN.Cl. The minimum Gasteiger partial charge on any atom is -0.353 e. The van der Waals surface area contributed by atoms with Gasteiger partial charge in [-0.25, -0.2) is 0 Å². The number of nitrogens with two attached hydrogens (primary N) is 1. The lowest BCUT2D eigenvalue weighted by molar-refractivity contribution is -0.122. The van der Waals surface area contributed by atoms with Crippen LogP contribution in [0.2, 0.25) is 0 Å². The number of hydrogen-bond acceptors (Lipinski definition) is 2. The molecule has 96 valence electrons. The molecule has 1 aliphatic carbocycles. The number of carbonyl (C=O) groups is 1. The molecule has 0 bridgehead atoms. The Morgan fingerprint density at radius 3 is 2.69 bits per heavy atom. The quantitative estimate of drug-likeness (QED) is 0.783. The molecule has 0 saturated heterocycles. The first kappa shape index (κ1) is 15.7. The lowest BCUT2D eigenvalue weighted by atomic mass is 10.0. The fourth-order valence-corrected chi connectivity index (χ4v) is 2.21. The summed E-state index contributed by atoms with van der Waals surface area (Å²) in [6.45, 7) is 4.99. The van der Waals surface area contributed by atoms with Gasteiger partial charge in [0.1, 0.15) is 0 Å². The van der Waals surface area contributed by atoms with Crippen molar-refractivity contribution in [2.45, 2.75) is 52.0 Å². The molecule has 0 aromatic heterocycles. The maximum atomic E-state index is 11.6. The van der Waals surface area contributed by atoms with Crippen LogP contribution in [0.25, 0.3) is 0 Å². The standard InChI is InChI=1S/C12H24N2O.ClH/c1-9(2)6-7-12(15)14-11-5-3-4-10(11)8-13;/h9-11H,3-8,13H2,1-2H3,(H,14,15);1H. The van der Waals surface area contributed by atoms with Gasteiger partial charge in [-0.15, -0.1) is 12.4 Å². The van der Waals surface area contributed by atoms with Crippen molar-refractivity contribution in [3.8, 4) is 0 Å². The van der Waals surface area contributed by atoms with Crippen LogP contribution in [-0.4, -0.2) is 18.5 Å². The van der Waals surface area contributed by atoms with Crippen molar-refractivity contribution in [3.05, 3.63) is 0 Å². The summed E-state index contributed by atoms with van der Waals surface area (Å²) in [6, 6.07) is 0.342. The second-order valence-corrected chi connectivity index (χ2v) is 5.03. The third-order valence-electron chi connectivity index (χ3n) is 3.26. The largest absolute Gasteiger partial charge is 0.353 e. The number of rotatable bonds is 5. The van der Waals surface area contributed by atoms with Crippen LogP contribution in [0.15, 0.2) is 0 Å². The maximum Gasteiger partial charge on any atom is 0.220 e. The van der Waals surface area contributed by atoms with Gasteiger partial charge in [0.2, 0.25) is 5.91 Å². The Labute approximate surface area is 105 Å². The molecule has 2 atom stereocenters. The number of amides is 1. The van der Waals surface area contributed by atoms with E-state index in [1.807, 2.05) is 0 Å². The van der Waals surface area contributed by atoms with Gasteiger partial charge >= 0.3 is 0 Å². The molecule has 16 heavy (non-hydrogen) atoms. The molecule has 2 unspecified atom stereocenters. The maximum absolute atomic E-state index is 11.6. The number of nitrogens with one attached hydrogen (secondary N) is 1. The average Bonchev–Trinajstić information content (AvgIpc) is 2.62. The van der Waals surface area contributed by atoms with E-state index < -0.39 is 0 Å². The molecule has 3 N–H and O–H groups in total. The van der Waals surface area contributed by atoms with Crippen LogP contribution in [0, 0.1) is 11.8 Å². The molecule has 1 aliphatic rings. The summed E-state index contributed by atoms with van der Waals surface area (Å²) in [5.41, 5.74) is 5.67. The third-order valence-corrected chi connectivity index (χ3v) is 3.26. The number of halogens is 1. The molecule has 4 heteroatoms. The van der Waals surface area contributed by atoms with Crippen LogP contribution >= 0.6 is 12.4 Å². The molecule has 0 aromatic carbocycles. The predicted molar refractivity (Wildman–Crippen MR) is 69.6 cm³/mol. The van der Waals surface area contributed by atoms with E-state index in [4.69, 9.17) is 5.73 Å². The predicted octanol–water partition coefficient (Wildman–Crippen LogP) is 2.09. The summed E-state index contributed by atoms with van der Waals surface area (Å²) in [5.74, 6) is 1.31. The van der Waals surface area contributed by atoms with Crippen LogP contribution in [-0.2, 0) is 4.79 Å². The third kappa shape index (κ3) is 5.17. The molecular formula is C12H25ClN2O. The van der Waals surface area contributed by atoms with E-state index in [0.29, 0.717) is 30.8 Å². The highest BCUT2D eigenvalue weighted by molar-refractivity contribution is 5.85. The molecule has 0 aromatic rings. The minimum absolute atomic E-state index is 0. The van der Waals surface area contributed by atoms with Crippen molar-refractivity contribution in [2.24, 2.45) is 17.6 Å². The summed E-state index contributed by atoms with van der Waals surface area (Å²) in [5, 5.41) is 3.12. The van der Waals surface area contributed by atoms with Crippen LogP contribution in [0.4, 0.5) is 0 Å². The number of hydrogen-bond donors (Lipinski definition) is 2. The van der Waals surface area contributed by atoms with Crippen LogP contribution in [0.1, 0.15) is 46.0 Å². The Kier molecular flexibility index (Phi) is 7.77. The molecule has 0 spiro atoms. The van der Waals surface area contributed by atoms with Crippen LogP contribution in [0.3, 0.4) is 0 Å². The van der Waals surface area contributed by atoms with Gasteiger partial charge in [0.15, 0.2) is 0 Å². The van der Waals surface area contributed by atoms with Gasteiger partial charge in [0, 0.05) is 12.5 Å². The highest BCUT2D eigenvalue weighted by atomic mass is 35.5. The van der Waals surface area contributed by atoms with Gasteiger partial charge < -0.3 is 11.1 Å². The molecule has 3 nitrogen and oxygen atoms in total. The average molecular weight is 249 g/mol. The molecule has 0 aliphatic heterocycles. The summed E-state index contributed by atoms with van der Waals surface area (Å²) < 4.78 is 0. The van der Waals surface area contributed by atoms with Crippen molar-refractivity contribution < 1.29 is 4.79 Å². The van der Waals surface area contributed by atoms with E-state index in [1.54, 1.807) is 0 Å². The van der Waals surface area contributed by atoms with Crippen molar-refractivity contribution in [1.29, 1.82) is 0 Å². The first-order valence-corrected chi connectivity index (χ1v) is 6.13. The zero-order valence-corrected chi connectivity index (χ0v) is 11.2. The van der Waals surface area contributed by atoms with Crippen molar-refractivity contribution in [3.63, 3.8) is 0 Å². The smallest absolute Gasteiger partial charge is 0.220 e. The zero-order valence-electron chi connectivity index (χ0n) is 10.4. The molecule has 1 amide bonds. The van der Waals surface area contributed by atoms with E-state index in [9.17, 15) is 4.79 Å². The first-order chi connectivity index (χ1) is 7.13. The lowest BCUT2D eigenvalue weighted by Crippen LogP contribution is -2.39. The summed E-state index contributed by atoms with van der Waals surface area (Å²) >= 11 is 0. The summed E-state index contributed by atoms with van der Waals surface area (Å²) in [7, 11) is 0. The van der Waals surface area contributed by atoms with Gasteiger partial charge in [-0.05, 0) is 37.6 Å².